The van der Waals surface area contributed by atoms with Gasteiger partial charge in [-0.05, 0) is 38.0 Å². The molecule has 2 fully saturated rings. The van der Waals surface area contributed by atoms with Crippen LogP contribution < -0.4 is 9.64 Å². The maximum absolute atomic E-state index is 11.6. The predicted octanol–water partition coefficient (Wildman–Crippen LogP) is 2.18. The molecular weight excluding hydrogens is 378 g/mol. The van der Waals surface area contributed by atoms with Gasteiger partial charge in [-0.25, -0.2) is 18.4 Å². The molecule has 0 spiro atoms. The number of nitrogens with one attached hydrogen (secondary N) is 1. The predicted molar refractivity (Wildman–Crippen MR) is 106 cm³/mol. The van der Waals surface area contributed by atoms with Crippen LogP contribution in [0.1, 0.15) is 19.8 Å². The molecule has 8 nitrogen and oxygen atoms in total. The first-order valence-corrected chi connectivity index (χ1v) is 11.2. The number of benzene rings is 1. The molecule has 28 heavy (non-hydrogen) atoms. The fourth-order valence-corrected chi connectivity index (χ4v) is 4.26. The van der Waals surface area contributed by atoms with Crippen LogP contribution in [0.3, 0.4) is 0 Å². The van der Waals surface area contributed by atoms with Crippen LogP contribution in [-0.4, -0.2) is 58.8 Å². The lowest BCUT2D eigenvalue weighted by molar-refractivity contribution is 0.200. The molecule has 146 valence electrons. The number of H-pyrrole nitrogens is 1. The highest BCUT2D eigenvalue weighted by molar-refractivity contribution is 7.91. The smallest absolute Gasteiger partial charge is 0.153 e. The number of anilines is 1. The van der Waals surface area contributed by atoms with Crippen molar-refractivity contribution in [2.45, 2.75) is 30.6 Å². The number of aromatic nitrogens is 4. The molecule has 1 saturated heterocycles. The number of ether oxygens (including phenoxy) is 1. The van der Waals surface area contributed by atoms with E-state index in [1.54, 1.807) is 0 Å². The maximum atomic E-state index is 11.6. The Morgan fingerprint density at radius 3 is 2.71 bits per heavy atom. The van der Waals surface area contributed by atoms with Crippen LogP contribution in [0.15, 0.2) is 30.6 Å². The summed E-state index contributed by atoms with van der Waals surface area (Å²) in [5, 5.41) is 8.07. The van der Waals surface area contributed by atoms with Gasteiger partial charge in [0.05, 0.1) is 16.5 Å². The zero-order valence-electron chi connectivity index (χ0n) is 15.7. The normalized spacial score (nSPS) is 18.9. The molecule has 1 aromatic carbocycles. The quantitative estimate of drug-likeness (QED) is 0.702. The molecule has 1 aliphatic carbocycles. The van der Waals surface area contributed by atoms with Crippen molar-refractivity contribution in [3.05, 3.63) is 30.6 Å². The molecule has 3 aromatic rings. The molecule has 0 radical (unpaired) electrons. The molecule has 0 unspecified atom stereocenters. The zero-order valence-corrected chi connectivity index (χ0v) is 16.5. The second-order valence-electron chi connectivity index (χ2n) is 7.95. The first kappa shape index (κ1) is 17.4. The minimum Gasteiger partial charge on any atom is -0.488 e. The third kappa shape index (κ3) is 3.09. The molecule has 9 heteroatoms. The van der Waals surface area contributed by atoms with Gasteiger partial charge in [-0.3, -0.25) is 5.10 Å². The van der Waals surface area contributed by atoms with Gasteiger partial charge in [0.25, 0.3) is 0 Å². The van der Waals surface area contributed by atoms with Crippen LogP contribution in [0.4, 0.5) is 5.82 Å². The number of fused-ring (bicyclic) bond motifs is 1. The Bertz CT molecular complexity index is 1160. The first-order chi connectivity index (χ1) is 13.3. The van der Waals surface area contributed by atoms with E-state index in [9.17, 15) is 8.42 Å². The second kappa shape index (κ2) is 5.91. The minimum atomic E-state index is -3.02. The van der Waals surface area contributed by atoms with Gasteiger partial charge < -0.3 is 9.64 Å². The van der Waals surface area contributed by atoms with E-state index in [-0.39, 0.29) is 10.9 Å². The summed E-state index contributed by atoms with van der Waals surface area (Å²) in [6, 6.07) is 7.75. The minimum absolute atomic E-state index is 0.0483. The van der Waals surface area contributed by atoms with Gasteiger partial charge in [0.15, 0.2) is 9.84 Å². The van der Waals surface area contributed by atoms with E-state index in [4.69, 9.17) is 4.74 Å². The number of hydrogen-bond donors (Lipinski definition) is 1. The van der Waals surface area contributed by atoms with Crippen molar-refractivity contribution >= 4 is 26.6 Å². The maximum Gasteiger partial charge on any atom is 0.153 e. The topological polar surface area (TPSA) is 101 Å². The summed E-state index contributed by atoms with van der Waals surface area (Å²) in [6.07, 6.45) is 4.91. The fraction of sp³-hybridized carbons (Fsp3) is 0.421. The molecule has 0 atom stereocenters. The van der Waals surface area contributed by atoms with E-state index >= 15 is 0 Å². The van der Waals surface area contributed by atoms with Crippen molar-refractivity contribution in [1.29, 1.82) is 0 Å². The van der Waals surface area contributed by atoms with Crippen LogP contribution in [0.25, 0.3) is 22.3 Å². The van der Waals surface area contributed by atoms with E-state index in [2.05, 4.69) is 27.1 Å². The number of hydrogen-bond acceptors (Lipinski definition) is 7. The molecule has 1 N–H and O–H groups in total. The molecule has 0 bridgehead atoms. The molecule has 2 aliphatic rings. The van der Waals surface area contributed by atoms with E-state index in [0.29, 0.717) is 24.6 Å². The number of rotatable bonds is 5. The van der Waals surface area contributed by atoms with Crippen molar-refractivity contribution < 1.29 is 13.2 Å². The third-order valence-corrected chi connectivity index (χ3v) is 7.03. The van der Waals surface area contributed by atoms with Crippen molar-refractivity contribution in [1.82, 2.24) is 20.2 Å². The summed E-state index contributed by atoms with van der Waals surface area (Å²) in [5.74, 6) is 1.53. The summed E-state index contributed by atoms with van der Waals surface area (Å²) < 4.78 is 29.4. The largest absolute Gasteiger partial charge is 0.488 e. The van der Waals surface area contributed by atoms with Crippen molar-refractivity contribution in [3.8, 4) is 17.1 Å². The highest BCUT2D eigenvalue weighted by Gasteiger charge is 2.40. The average Bonchev–Trinajstić information content (AvgIpc) is 3.16. The molecule has 0 amide bonds. The van der Waals surface area contributed by atoms with Crippen molar-refractivity contribution in [2.24, 2.45) is 0 Å². The Kier molecular flexibility index (Phi) is 3.67. The first-order valence-electron chi connectivity index (χ1n) is 9.24. The van der Waals surface area contributed by atoms with E-state index < -0.39 is 9.84 Å². The van der Waals surface area contributed by atoms with Gasteiger partial charge in [-0.1, -0.05) is 0 Å². The highest BCUT2D eigenvalue weighted by Crippen LogP contribution is 2.40. The van der Waals surface area contributed by atoms with E-state index in [1.807, 2.05) is 29.2 Å². The van der Waals surface area contributed by atoms with Gasteiger partial charge in [-0.15, -0.1) is 0 Å². The third-order valence-electron chi connectivity index (χ3n) is 5.53. The lowest BCUT2D eigenvalue weighted by Gasteiger charge is -2.38. The summed E-state index contributed by atoms with van der Waals surface area (Å²) >= 11 is 0. The number of aromatic amines is 1. The Balaban J connectivity index is 1.45. The Morgan fingerprint density at radius 1 is 1.21 bits per heavy atom. The lowest BCUT2D eigenvalue weighted by Crippen LogP contribution is -2.54. The molecular formula is C19H21N5O3S. The molecule has 2 aromatic heterocycles. The van der Waals surface area contributed by atoms with Gasteiger partial charge >= 0.3 is 0 Å². The Labute approximate surface area is 162 Å². The fourth-order valence-electron chi connectivity index (χ4n) is 3.36. The SMILES string of the molecule is CC1(Oc2ccc3[nH]nc(-c4cc(N5CC(S(C)(=O)=O)C5)ncn4)c3c2)CC1. The zero-order chi connectivity index (χ0) is 19.5. The van der Waals surface area contributed by atoms with Gasteiger partial charge in [0.1, 0.15) is 29.2 Å². The molecule has 5 rings (SSSR count). The van der Waals surface area contributed by atoms with Crippen LogP contribution in [-0.2, 0) is 9.84 Å². The average molecular weight is 399 g/mol. The molecule has 1 saturated carbocycles. The van der Waals surface area contributed by atoms with Crippen LogP contribution >= 0.6 is 0 Å². The number of nitrogens with zero attached hydrogens (tertiary/aromatic N) is 4. The number of sulfone groups is 1. The van der Waals surface area contributed by atoms with Gasteiger partial charge in [0.2, 0.25) is 0 Å². The highest BCUT2D eigenvalue weighted by atomic mass is 32.2. The Morgan fingerprint density at radius 2 is 2.00 bits per heavy atom. The summed E-state index contributed by atoms with van der Waals surface area (Å²) in [6.45, 7) is 3.02. The van der Waals surface area contributed by atoms with Crippen LogP contribution in [0, 0.1) is 0 Å². The summed E-state index contributed by atoms with van der Waals surface area (Å²) in [4.78, 5) is 10.6. The summed E-state index contributed by atoms with van der Waals surface area (Å²) in [7, 11) is -3.02. The Hall–Kier alpha value is -2.68. The standard InChI is InChI=1S/C19H21N5O3S/c1-19(5-6-19)27-12-3-4-15-14(7-12)18(23-22-15)16-8-17(21-11-20-16)24-9-13(10-24)28(2,25)26/h3-4,7-8,11,13H,5-6,9-10H2,1-2H3,(H,22,23). The van der Waals surface area contributed by atoms with Crippen LogP contribution in [0.2, 0.25) is 0 Å². The van der Waals surface area contributed by atoms with Crippen molar-refractivity contribution in [3.63, 3.8) is 0 Å². The van der Waals surface area contributed by atoms with Gasteiger partial charge in [-0.2, -0.15) is 5.10 Å². The van der Waals surface area contributed by atoms with E-state index in [1.165, 1.54) is 12.6 Å². The van der Waals surface area contributed by atoms with Crippen LogP contribution in [0.5, 0.6) is 5.75 Å². The second-order valence-corrected chi connectivity index (χ2v) is 10.3. The van der Waals surface area contributed by atoms with Crippen molar-refractivity contribution in [2.75, 3.05) is 24.2 Å². The monoisotopic (exact) mass is 399 g/mol. The molecule has 1 aliphatic heterocycles. The van der Waals surface area contributed by atoms with E-state index in [0.717, 1.165) is 35.2 Å². The lowest BCUT2D eigenvalue weighted by atomic mass is 10.1. The summed E-state index contributed by atoms with van der Waals surface area (Å²) in [5.41, 5.74) is 2.27. The van der Waals surface area contributed by atoms with Gasteiger partial charge in [0, 0.05) is 30.8 Å². The molecule has 3 heterocycles.